The first-order chi connectivity index (χ1) is 9.33. The van der Waals surface area contributed by atoms with Crippen molar-refractivity contribution in [1.29, 1.82) is 0 Å². The second-order valence-corrected chi connectivity index (χ2v) is 5.70. The molecule has 1 atom stereocenters. The minimum absolute atomic E-state index is 0.316. The van der Waals surface area contributed by atoms with Crippen molar-refractivity contribution in [3.8, 4) is 5.75 Å². The van der Waals surface area contributed by atoms with E-state index in [-0.39, 0.29) is 0 Å². The largest absolute Gasteiger partial charge is 0.493 e. The molecule has 0 bridgehead atoms. The van der Waals surface area contributed by atoms with Crippen molar-refractivity contribution in [2.75, 3.05) is 6.61 Å². The molecule has 1 aromatic carbocycles. The minimum atomic E-state index is 0.316. The predicted molar refractivity (Wildman–Crippen MR) is 76.9 cm³/mol. The normalized spacial score (nSPS) is 17.6. The molecule has 1 aliphatic heterocycles. The van der Waals surface area contributed by atoms with Crippen LogP contribution in [0.15, 0.2) is 41.1 Å². The van der Waals surface area contributed by atoms with Crippen LogP contribution >= 0.6 is 11.3 Å². The second-order valence-electron chi connectivity index (χ2n) is 4.92. The van der Waals surface area contributed by atoms with Crippen molar-refractivity contribution < 1.29 is 9.53 Å². The molecule has 1 unspecified atom stereocenters. The molecule has 1 aliphatic rings. The molecule has 0 amide bonds. The quantitative estimate of drug-likeness (QED) is 0.846. The third-order valence-corrected chi connectivity index (χ3v) is 4.27. The monoisotopic (exact) mass is 272 g/mol. The molecule has 2 aromatic rings. The average Bonchev–Trinajstić information content (AvgIpc) is 2.92. The van der Waals surface area contributed by atoms with Crippen LogP contribution < -0.4 is 4.74 Å². The van der Waals surface area contributed by atoms with E-state index in [2.05, 4.69) is 11.4 Å². The van der Waals surface area contributed by atoms with Crippen LogP contribution in [0.5, 0.6) is 5.75 Å². The molecule has 19 heavy (non-hydrogen) atoms. The van der Waals surface area contributed by atoms with Gasteiger partial charge in [-0.3, -0.25) is 4.79 Å². The van der Waals surface area contributed by atoms with Gasteiger partial charge < -0.3 is 4.74 Å². The molecule has 0 saturated heterocycles. The van der Waals surface area contributed by atoms with E-state index in [1.165, 1.54) is 5.56 Å². The van der Waals surface area contributed by atoms with Gasteiger partial charge in [-0.2, -0.15) is 11.3 Å². The summed E-state index contributed by atoms with van der Waals surface area (Å²) in [5, 5.41) is 4.07. The summed E-state index contributed by atoms with van der Waals surface area (Å²) < 4.78 is 5.63. The minimum Gasteiger partial charge on any atom is -0.493 e. The van der Waals surface area contributed by atoms with E-state index >= 15 is 0 Å². The molecular weight excluding hydrogens is 256 g/mol. The lowest BCUT2D eigenvalue weighted by Gasteiger charge is -2.25. The Labute approximate surface area is 117 Å². The number of rotatable bonds is 4. The molecule has 2 heterocycles. The Bertz CT molecular complexity index is 560. The van der Waals surface area contributed by atoms with Gasteiger partial charge in [0.25, 0.3) is 0 Å². The van der Waals surface area contributed by atoms with Crippen LogP contribution in [0, 0.1) is 0 Å². The highest BCUT2D eigenvalue weighted by molar-refractivity contribution is 7.07. The second kappa shape index (κ2) is 5.57. The summed E-state index contributed by atoms with van der Waals surface area (Å²) in [6.45, 7) is 0.716. The topological polar surface area (TPSA) is 26.3 Å². The molecule has 98 valence electrons. The number of para-hydroxylation sites is 1. The maximum Gasteiger partial charge on any atom is 0.137 e. The first-order valence-electron chi connectivity index (χ1n) is 6.57. The van der Waals surface area contributed by atoms with Crippen molar-refractivity contribution in [2.45, 2.75) is 25.2 Å². The molecule has 0 aliphatic carbocycles. The van der Waals surface area contributed by atoms with Crippen molar-refractivity contribution in [3.63, 3.8) is 0 Å². The number of thiophene rings is 1. The number of hydrogen-bond acceptors (Lipinski definition) is 3. The molecule has 0 N–H and O–H groups in total. The van der Waals surface area contributed by atoms with Gasteiger partial charge >= 0.3 is 0 Å². The standard InChI is InChI=1S/C16H16O2S/c17-14(9-12-6-8-19-11-12)10-13-5-7-18-16-4-2-1-3-15(13)16/h1-4,6,8,11,13H,5,7,9-10H2. The zero-order valence-corrected chi connectivity index (χ0v) is 11.5. The molecule has 0 saturated carbocycles. The lowest BCUT2D eigenvalue weighted by Crippen LogP contribution is -2.17. The van der Waals surface area contributed by atoms with E-state index in [1.807, 2.05) is 29.6 Å². The van der Waals surface area contributed by atoms with E-state index in [1.54, 1.807) is 11.3 Å². The summed E-state index contributed by atoms with van der Waals surface area (Å²) in [7, 11) is 0. The number of benzene rings is 1. The molecule has 3 rings (SSSR count). The Morgan fingerprint density at radius 3 is 3.05 bits per heavy atom. The van der Waals surface area contributed by atoms with E-state index in [9.17, 15) is 4.79 Å². The lowest BCUT2D eigenvalue weighted by molar-refractivity contribution is -0.118. The summed E-state index contributed by atoms with van der Waals surface area (Å²) in [6.07, 6.45) is 2.12. The van der Waals surface area contributed by atoms with Crippen LogP contribution in [0.2, 0.25) is 0 Å². The fraction of sp³-hybridized carbons (Fsp3) is 0.312. The Balaban J connectivity index is 1.69. The summed E-state index contributed by atoms with van der Waals surface area (Å²) in [5.41, 5.74) is 2.32. The third-order valence-electron chi connectivity index (χ3n) is 3.54. The van der Waals surface area contributed by atoms with Crippen LogP contribution in [0.1, 0.15) is 29.9 Å². The summed E-state index contributed by atoms with van der Waals surface area (Å²) in [5.74, 6) is 1.58. The summed E-state index contributed by atoms with van der Waals surface area (Å²) >= 11 is 1.64. The van der Waals surface area contributed by atoms with Gasteiger partial charge in [0, 0.05) is 12.8 Å². The molecule has 0 spiro atoms. The molecule has 0 fully saturated rings. The van der Waals surface area contributed by atoms with Gasteiger partial charge in [0.05, 0.1) is 6.61 Å². The third kappa shape index (κ3) is 2.87. The number of hydrogen-bond donors (Lipinski definition) is 0. The number of Topliss-reactive ketones (excluding diaryl/α,β-unsaturated/α-hetero) is 1. The summed E-state index contributed by atoms with van der Waals surface area (Å²) in [6, 6.07) is 10.1. The van der Waals surface area contributed by atoms with Crippen LogP contribution in [-0.2, 0) is 11.2 Å². The van der Waals surface area contributed by atoms with Crippen molar-refractivity contribution >= 4 is 17.1 Å². The van der Waals surface area contributed by atoms with E-state index in [0.717, 1.165) is 17.7 Å². The van der Waals surface area contributed by atoms with E-state index < -0.39 is 0 Å². The van der Waals surface area contributed by atoms with Gasteiger partial charge in [0.1, 0.15) is 11.5 Å². The summed E-state index contributed by atoms with van der Waals surface area (Å²) in [4.78, 5) is 12.2. The Morgan fingerprint density at radius 1 is 1.32 bits per heavy atom. The molecule has 2 nitrogen and oxygen atoms in total. The van der Waals surface area contributed by atoms with Crippen LogP contribution in [0.3, 0.4) is 0 Å². The number of fused-ring (bicyclic) bond motifs is 1. The van der Waals surface area contributed by atoms with Crippen molar-refractivity contribution in [1.82, 2.24) is 0 Å². The van der Waals surface area contributed by atoms with Gasteiger partial charge in [0.15, 0.2) is 0 Å². The maximum atomic E-state index is 12.2. The van der Waals surface area contributed by atoms with E-state index in [0.29, 0.717) is 31.1 Å². The fourth-order valence-electron chi connectivity index (χ4n) is 2.60. The average molecular weight is 272 g/mol. The van der Waals surface area contributed by atoms with Crippen LogP contribution in [0.25, 0.3) is 0 Å². The lowest BCUT2D eigenvalue weighted by atomic mass is 9.88. The first kappa shape index (κ1) is 12.4. The van der Waals surface area contributed by atoms with Crippen molar-refractivity contribution in [3.05, 3.63) is 52.2 Å². The first-order valence-corrected chi connectivity index (χ1v) is 7.52. The maximum absolute atomic E-state index is 12.2. The van der Waals surface area contributed by atoms with Gasteiger partial charge in [-0.1, -0.05) is 18.2 Å². The van der Waals surface area contributed by atoms with Crippen molar-refractivity contribution in [2.24, 2.45) is 0 Å². The molecule has 3 heteroatoms. The Hall–Kier alpha value is -1.61. The van der Waals surface area contributed by atoms with E-state index in [4.69, 9.17) is 4.74 Å². The Kier molecular flexibility index (Phi) is 3.65. The van der Waals surface area contributed by atoms with Gasteiger partial charge in [-0.15, -0.1) is 0 Å². The molecular formula is C16H16O2S. The van der Waals surface area contributed by atoms with Crippen LogP contribution in [0.4, 0.5) is 0 Å². The Morgan fingerprint density at radius 2 is 2.21 bits per heavy atom. The van der Waals surface area contributed by atoms with Crippen LogP contribution in [-0.4, -0.2) is 12.4 Å². The highest BCUT2D eigenvalue weighted by Gasteiger charge is 2.23. The van der Waals surface area contributed by atoms with Gasteiger partial charge in [-0.05, 0) is 46.4 Å². The predicted octanol–water partition coefficient (Wildman–Crippen LogP) is 3.82. The van der Waals surface area contributed by atoms with Gasteiger partial charge in [0.2, 0.25) is 0 Å². The molecule has 1 aromatic heterocycles. The zero-order valence-electron chi connectivity index (χ0n) is 10.7. The number of ether oxygens (including phenoxy) is 1. The molecule has 0 radical (unpaired) electrons. The SMILES string of the molecule is O=C(Cc1ccsc1)CC1CCOc2ccccc21. The zero-order chi connectivity index (χ0) is 13.1. The highest BCUT2D eigenvalue weighted by Crippen LogP contribution is 2.35. The highest BCUT2D eigenvalue weighted by atomic mass is 32.1. The number of ketones is 1. The van der Waals surface area contributed by atoms with Gasteiger partial charge in [-0.25, -0.2) is 0 Å². The fourth-order valence-corrected chi connectivity index (χ4v) is 3.26. The number of carbonyl (C=O) groups excluding carboxylic acids is 1. The number of carbonyl (C=O) groups is 1. The smallest absolute Gasteiger partial charge is 0.137 e.